The minimum atomic E-state index is -0.459. The smallest absolute Gasteiger partial charge is 0.354 e. The van der Waals surface area contributed by atoms with E-state index in [9.17, 15) is 9.59 Å². The van der Waals surface area contributed by atoms with Crippen LogP contribution in [0.4, 0.5) is 0 Å². The molecule has 1 aromatic heterocycles. The van der Waals surface area contributed by atoms with Crippen LogP contribution in [-0.4, -0.2) is 23.6 Å². The molecule has 0 fully saturated rings. The zero-order valence-corrected chi connectivity index (χ0v) is 14.5. The molecule has 25 heavy (non-hydrogen) atoms. The number of esters is 2. The number of carbonyl (C=O) groups excluding carboxylic acids is 2. The highest BCUT2D eigenvalue weighted by Gasteiger charge is 2.19. The average Bonchev–Trinajstić information content (AvgIpc) is 2.95. The van der Waals surface area contributed by atoms with Crippen molar-refractivity contribution in [2.45, 2.75) is 13.5 Å². The van der Waals surface area contributed by atoms with Crippen LogP contribution in [0.15, 0.2) is 48.5 Å². The second kappa shape index (κ2) is 6.99. The summed E-state index contributed by atoms with van der Waals surface area (Å²) in [6.07, 6.45) is 0. The van der Waals surface area contributed by atoms with Crippen molar-refractivity contribution in [3.05, 3.63) is 64.8 Å². The number of hydrogen-bond acceptors (Lipinski definition) is 4. The lowest BCUT2D eigenvalue weighted by Crippen LogP contribution is -2.11. The Morgan fingerprint density at radius 3 is 2.48 bits per heavy atom. The van der Waals surface area contributed by atoms with Crippen molar-refractivity contribution in [1.29, 1.82) is 0 Å². The largest absolute Gasteiger partial charge is 0.464 e. The van der Waals surface area contributed by atoms with Gasteiger partial charge in [-0.05, 0) is 35.9 Å². The van der Waals surface area contributed by atoms with Gasteiger partial charge in [0.2, 0.25) is 0 Å². The zero-order chi connectivity index (χ0) is 18.0. The average molecular weight is 358 g/mol. The summed E-state index contributed by atoms with van der Waals surface area (Å²) < 4.78 is 12.0. The number of fused-ring (bicyclic) bond motifs is 1. The van der Waals surface area contributed by atoms with Gasteiger partial charge in [0.15, 0.2) is 0 Å². The van der Waals surface area contributed by atoms with Gasteiger partial charge in [-0.25, -0.2) is 4.79 Å². The first-order valence-corrected chi connectivity index (χ1v) is 8.01. The van der Waals surface area contributed by atoms with E-state index >= 15 is 0 Å². The Morgan fingerprint density at radius 2 is 1.84 bits per heavy atom. The number of aromatic nitrogens is 1. The number of rotatable bonds is 4. The van der Waals surface area contributed by atoms with Crippen LogP contribution in [-0.2, 0) is 16.1 Å². The number of methoxy groups -OCH3 is 1. The maximum Gasteiger partial charge on any atom is 0.354 e. The number of carbonyl (C=O) groups is 2. The molecule has 128 valence electrons. The molecule has 5 nitrogen and oxygen atoms in total. The van der Waals surface area contributed by atoms with Gasteiger partial charge in [-0.15, -0.1) is 0 Å². The van der Waals surface area contributed by atoms with Crippen molar-refractivity contribution >= 4 is 34.4 Å². The molecule has 1 heterocycles. The lowest BCUT2D eigenvalue weighted by Gasteiger charge is -2.10. The minimum absolute atomic E-state index is 0.382. The highest BCUT2D eigenvalue weighted by atomic mass is 35.5. The molecule has 0 N–H and O–H groups in total. The fourth-order valence-corrected chi connectivity index (χ4v) is 2.84. The first-order chi connectivity index (χ1) is 12.0. The molecule has 3 rings (SSSR count). The highest BCUT2D eigenvalue weighted by molar-refractivity contribution is 6.30. The van der Waals surface area contributed by atoms with Gasteiger partial charge in [-0.1, -0.05) is 29.8 Å². The predicted octanol–water partition coefficient (Wildman–Crippen LogP) is 4.05. The molecule has 6 heteroatoms. The SMILES string of the molecule is COC(=O)c1cc2c(OC(C)=O)cccc2n1Cc1ccc(Cl)cc1. The molecule has 0 aliphatic rings. The van der Waals surface area contributed by atoms with Crippen molar-refractivity contribution in [3.63, 3.8) is 0 Å². The first-order valence-electron chi connectivity index (χ1n) is 7.63. The van der Waals surface area contributed by atoms with Crippen LogP contribution in [0, 0.1) is 0 Å². The van der Waals surface area contributed by atoms with E-state index in [4.69, 9.17) is 21.1 Å². The fourth-order valence-electron chi connectivity index (χ4n) is 2.72. The van der Waals surface area contributed by atoms with Gasteiger partial charge in [-0.3, -0.25) is 4.79 Å². The predicted molar refractivity (Wildman–Crippen MR) is 95.1 cm³/mol. The van der Waals surface area contributed by atoms with E-state index in [-0.39, 0.29) is 0 Å². The topological polar surface area (TPSA) is 57.5 Å². The van der Waals surface area contributed by atoms with E-state index in [1.807, 2.05) is 22.8 Å². The van der Waals surface area contributed by atoms with Gasteiger partial charge in [0.05, 0.1) is 12.6 Å². The quantitative estimate of drug-likeness (QED) is 0.522. The molecule has 0 saturated carbocycles. The number of benzene rings is 2. The van der Waals surface area contributed by atoms with Gasteiger partial charge >= 0.3 is 11.9 Å². The zero-order valence-electron chi connectivity index (χ0n) is 13.8. The lowest BCUT2D eigenvalue weighted by atomic mass is 10.2. The Bertz CT molecular complexity index is 944. The summed E-state index contributed by atoms with van der Waals surface area (Å²) in [7, 11) is 1.33. The first kappa shape index (κ1) is 17.0. The monoisotopic (exact) mass is 357 g/mol. The van der Waals surface area contributed by atoms with Crippen LogP contribution in [0.25, 0.3) is 10.9 Å². The van der Waals surface area contributed by atoms with Gasteiger partial charge in [-0.2, -0.15) is 0 Å². The normalized spacial score (nSPS) is 10.7. The standard InChI is InChI=1S/C19H16ClNO4/c1-12(22)25-18-5-3-4-16-15(18)10-17(19(23)24-2)21(16)11-13-6-8-14(20)9-7-13/h3-10H,11H2,1-2H3. The Kier molecular flexibility index (Phi) is 4.76. The molecule has 0 spiro atoms. The molecule has 0 aliphatic carbocycles. The fraction of sp³-hybridized carbons (Fsp3) is 0.158. The number of halogens is 1. The van der Waals surface area contributed by atoms with E-state index in [0.29, 0.717) is 28.4 Å². The molecular weight excluding hydrogens is 342 g/mol. The molecule has 0 aliphatic heterocycles. The Morgan fingerprint density at radius 1 is 1.12 bits per heavy atom. The minimum Gasteiger partial charge on any atom is -0.464 e. The van der Waals surface area contributed by atoms with E-state index in [0.717, 1.165) is 11.1 Å². The van der Waals surface area contributed by atoms with Gasteiger partial charge < -0.3 is 14.0 Å². The van der Waals surface area contributed by atoms with Crippen LogP contribution in [0.5, 0.6) is 5.75 Å². The molecular formula is C19H16ClNO4. The summed E-state index contributed by atoms with van der Waals surface area (Å²) in [6, 6.07) is 14.4. The summed E-state index contributed by atoms with van der Waals surface area (Å²) in [6.45, 7) is 1.79. The second-order valence-corrected chi connectivity index (χ2v) is 5.95. The molecule has 0 atom stereocenters. The van der Waals surface area contributed by atoms with Gasteiger partial charge in [0.25, 0.3) is 0 Å². The highest BCUT2D eigenvalue weighted by Crippen LogP contribution is 2.30. The molecule has 0 bridgehead atoms. The third kappa shape index (κ3) is 3.51. The van der Waals surface area contributed by atoms with Crippen LogP contribution in [0.2, 0.25) is 5.02 Å². The molecule has 0 amide bonds. The van der Waals surface area contributed by atoms with E-state index in [1.165, 1.54) is 14.0 Å². The maximum absolute atomic E-state index is 12.2. The van der Waals surface area contributed by atoms with Crippen molar-refractivity contribution < 1.29 is 19.1 Å². The summed E-state index contributed by atoms with van der Waals surface area (Å²) >= 11 is 5.93. The molecule has 0 radical (unpaired) electrons. The molecule has 0 saturated heterocycles. The Hall–Kier alpha value is -2.79. The third-order valence-electron chi connectivity index (χ3n) is 3.81. The third-order valence-corrected chi connectivity index (χ3v) is 4.06. The Labute approximate surface area is 149 Å². The van der Waals surface area contributed by atoms with E-state index < -0.39 is 11.9 Å². The summed E-state index contributed by atoms with van der Waals surface area (Å²) in [4.78, 5) is 23.5. The van der Waals surface area contributed by atoms with Crippen molar-refractivity contribution in [3.8, 4) is 5.75 Å². The lowest BCUT2D eigenvalue weighted by molar-refractivity contribution is -0.131. The van der Waals surface area contributed by atoms with Crippen molar-refractivity contribution in [1.82, 2.24) is 4.57 Å². The van der Waals surface area contributed by atoms with Crippen LogP contribution in [0.1, 0.15) is 23.0 Å². The number of hydrogen-bond donors (Lipinski definition) is 0. The van der Waals surface area contributed by atoms with Crippen molar-refractivity contribution in [2.75, 3.05) is 7.11 Å². The van der Waals surface area contributed by atoms with E-state index in [1.54, 1.807) is 30.3 Å². The summed E-state index contributed by atoms with van der Waals surface area (Å²) in [5.74, 6) is -0.471. The summed E-state index contributed by atoms with van der Waals surface area (Å²) in [5, 5.41) is 1.32. The molecule has 2 aromatic carbocycles. The van der Waals surface area contributed by atoms with E-state index in [2.05, 4.69) is 0 Å². The second-order valence-electron chi connectivity index (χ2n) is 5.52. The number of ether oxygens (including phenoxy) is 2. The van der Waals surface area contributed by atoms with Crippen LogP contribution < -0.4 is 4.74 Å². The Balaban J connectivity index is 2.15. The van der Waals surface area contributed by atoms with Gasteiger partial charge in [0, 0.05) is 23.9 Å². The van der Waals surface area contributed by atoms with Crippen LogP contribution >= 0.6 is 11.6 Å². The maximum atomic E-state index is 12.2. The number of nitrogens with zero attached hydrogens (tertiary/aromatic N) is 1. The van der Waals surface area contributed by atoms with Gasteiger partial charge in [0.1, 0.15) is 11.4 Å². The van der Waals surface area contributed by atoms with Crippen LogP contribution in [0.3, 0.4) is 0 Å². The summed E-state index contributed by atoms with van der Waals surface area (Å²) in [5.41, 5.74) is 2.13. The molecule has 3 aromatic rings. The van der Waals surface area contributed by atoms with Crippen molar-refractivity contribution in [2.24, 2.45) is 0 Å². The molecule has 0 unspecified atom stereocenters.